The molecule has 22 heavy (non-hydrogen) atoms. The Kier molecular flexibility index (Phi) is 3.20. The topological polar surface area (TPSA) is 0 Å². The predicted molar refractivity (Wildman–Crippen MR) is 92.9 cm³/mol. The summed E-state index contributed by atoms with van der Waals surface area (Å²) in [5.41, 5.74) is 6.89. The zero-order chi connectivity index (χ0) is 14.5. The summed E-state index contributed by atoms with van der Waals surface area (Å²) in [6.07, 6.45) is 17.3. The minimum Gasteiger partial charge on any atom is -0.0617 e. The zero-order valence-electron chi connectivity index (χ0n) is 13.7. The van der Waals surface area contributed by atoms with Gasteiger partial charge in [-0.3, -0.25) is 0 Å². The van der Waals surface area contributed by atoms with Crippen LogP contribution in [-0.2, 0) is 6.42 Å². The van der Waals surface area contributed by atoms with Crippen LogP contribution < -0.4 is 0 Å². The second-order valence-corrected chi connectivity index (χ2v) is 8.36. The lowest BCUT2D eigenvalue weighted by molar-refractivity contribution is 0.247. The van der Waals surface area contributed by atoms with Gasteiger partial charge in [-0.2, -0.15) is 0 Å². The van der Waals surface area contributed by atoms with Crippen molar-refractivity contribution in [3.05, 3.63) is 40.5 Å². The van der Waals surface area contributed by atoms with Gasteiger partial charge in [0.05, 0.1) is 0 Å². The van der Waals surface area contributed by atoms with Crippen LogP contribution in [0.4, 0.5) is 0 Å². The predicted octanol–water partition coefficient (Wildman–Crippen LogP) is 6.11. The van der Waals surface area contributed by atoms with Crippen LogP contribution in [0.25, 0.3) is 6.08 Å². The standard InChI is InChI=1S/C22H28/c1-2-5-16(6-3-1)21-14-20-18-7-4-8-19(20)22(21)17-11-9-15(13-18)10-12-17/h4,7-8,14-17,22H,1-3,5-6,9-13H2. The SMILES string of the molecule is C1=C(C2CCCCC2)C2c3cccc(c31)CC1CCC2CC1. The van der Waals surface area contributed by atoms with Crippen LogP contribution in [0.3, 0.4) is 0 Å². The number of hydrogen-bond acceptors (Lipinski definition) is 0. The maximum absolute atomic E-state index is 2.67. The number of rotatable bonds is 1. The molecule has 6 bridgehead atoms. The van der Waals surface area contributed by atoms with E-state index in [0.29, 0.717) is 0 Å². The maximum Gasteiger partial charge on any atom is 0.00885 e. The number of allylic oxidation sites excluding steroid dienone is 1. The van der Waals surface area contributed by atoms with Crippen LogP contribution in [0, 0.1) is 17.8 Å². The Morgan fingerprint density at radius 2 is 1.64 bits per heavy atom. The molecular weight excluding hydrogens is 264 g/mol. The van der Waals surface area contributed by atoms with E-state index in [1.807, 2.05) is 5.57 Å². The molecule has 0 aromatic heterocycles. The summed E-state index contributed by atoms with van der Waals surface area (Å²) >= 11 is 0. The number of benzene rings is 1. The van der Waals surface area contributed by atoms with Gasteiger partial charge in [0.1, 0.15) is 0 Å². The van der Waals surface area contributed by atoms with Gasteiger partial charge in [-0.05, 0) is 79.4 Å². The quantitative estimate of drug-likeness (QED) is 0.586. The number of hydrogen-bond donors (Lipinski definition) is 0. The van der Waals surface area contributed by atoms with Gasteiger partial charge in [0.25, 0.3) is 0 Å². The highest BCUT2D eigenvalue weighted by Gasteiger charge is 2.39. The lowest BCUT2D eigenvalue weighted by Crippen LogP contribution is -2.23. The first-order chi connectivity index (χ1) is 10.9. The van der Waals surface area contributed by atoms with Gasteiger partial charge in [0.2, 0.25) is 0 Å². The molecule has 0 heteroatoms. The van der Waals surface area contributed by atoms with Crippen LogP contribution in [-0.4, -0.2) is 0 Å². The Balaban J connectivity index is 1.62. The van der Waals surface area contributed by atoms with Gasteiger partial charge in [-0.15, -0.1) is 0 Å². The molecule has 0 heterocycles. The van der Waals surface area contributed by atoms with Crippen molar-refractivity contribution in [2.24, 2.45) is 17.8 Å². The van der Waals surface area contributed by atoms with Crippen molar-refractivity contribution in [2.45, 2.75) is 70.1 Å². The zero-order valence-corrected chi connectivity index (χ0v) is 13.7. The summed E-state index contributed by atoms with van der Waals surface area (Å²) in [6, 6.07) is 7.24. The first-order valence-corrected chi connectivity index (χ1v) is 9.73. The minimum atomic E-state index is 0.789. The molecule has 0 spiro atoms. The molecule has 6 rings (SSSR count). The lowest BCUT2D eigenvalue weighted by atomic mass is 9.68. The lowest BCUT2D eigenvalue weighted by Gasteiger charge is -2.36. The second kappa shape index (κ2) is 5.25. The first-order valence-electron chi connectivity index (χ1n) is 9.73. The summed E-state index contributed by atoms with van der Waals surface area (Å²) in [7, 11) is 0. The highest BCUT2D eigenvalue weighted by molar-refractivity contribution is 5.70. The highest BCUT2D eigenvalue weighted by Crippen LogP contribution is 2.54. The Labute approximate surface area is 135 Å². The summed E-state index contributed by atoms with van der Waals surface area (Å²) < 4.78 is 0. The molecule has 0 aliphatic heterocycles. The van der Waals surface area contributed by atoms with E-state index in [9.17, 15) is 0 Å². The molecule has 0 saturated heterocycles. The third kappa shape index (κ3) is 2.02. The molecule has 116 valence electrons. The van der Waals surface area contributed by atoms with E-state index >= 15 is 0 Å². The molecule has 1 unspecified atom stereocenters. The molecule has 1 aromatic carbocycles. The fraction of sp³-hybridized carbons (Fsp3) is 0.636. The van der Waals surface area contributed by atoms with Crippen LogP contribution in [0.1, 0.15) is 80.4 Å². The Morgan fingerprint density at radius 1 is 0.818 bits per heavy atom. The average molecular weight is 292 g/mol. The Morgan fingerprint density at radius 3 is 2.45 bits per heavy atom. The smallest absolute Gasteiger partial charge is 0.00885 e. The van der Waals surface area contributed by atoms with Crippen LogP contribution in [0.2, 0.25) is 0 Å². The molecule has 0 radical (unpaired) electrons. The van der Waals surface area contributed by atoms with E-state index in [1.165, 1.54) is 64.2 Å². The largest absolute Gasteiger partial charge is 0.0617 e. The molecule has 5 aliphatic rings. The van der Waals surface area contributed by atoms with Crippen molar-refractivity contribution in [1.29, 1.82) is 0 Å². The van der Waals surface area contributed by atoms with Crippen LogP contribution in [0.15, 0.2) is 23.8 Å². The molecule has 0 N–H and O–H groups in total. The molecule has 1 aromatic rings. The van der Waals surface area contributed by atoms with Crippen molar-refractivity contribution >= 4 is 6.08 Å². The van der Waals surface area contributed by atoms with E-state index in [1.54, 1.807) is 16.7 Å². The van der Waals surface area contributed by atoms with Gasteiger partial charge in [0.15, 0.2) is 0 Å². The molecule has 5 aliphatic carbocycles. The van der Waals surface area contributed by atoms with Crippen molar-refractivity contribution in [1.82, 2.24) is 0 Å². The molecule has 2 saturated carbocycles. The van der Waals surface area contributed by atoms with Crippen molar-refractivity contribution in [3.63, 3.8) is 0 Å². The average Bonchev–Trinajstić information content (AvgIpc) is 2.98. The van der Waals surface area contributed by atoms with Crippen LogP contribution >= 0.6 is 0 Å². The normalized spacial score (nSPS) is 34.0. The fourth-order valence-corrected chi connectivity index (χ4v) is 6.06. The Bertz CT molecular complexity index is 594. The summed E-state index contributed by atoms with van der Waals surface area (Å²) in [5.74, 6) is 3.60. The number of fused-ring (bicyclic) bond motifs is 2. The monoisotopic (exact) mass is 292 g/mol. The maximum atomic E-state index is 2.67. The van der Waals surface area contributed by atoms with E-state index in [2.05, 4.69) is 24.3 Å². The first kappa shape index (κ1) is 13.4. The van der Waals surface area contributed by atoms with E-state index < -0.39 is 0 Å². The second-order valence-electron chi connectivity index (χ2n) is 8.36. The molecule has 1 atom stereocenters. The summed E-state index contributed by atoms with van der Waals surface area (Å²) in [6.45, 7) is 0. The molecule has 0 amide bonds. The summed E-state index contributed by atoms with van der Waals surface area (Å²) in [4.78, 5) is 0. The highest BCUT2D eigenvalue weighted by atomic mass is 14.4. The van der Waals surface area contributed by atoms with Gasteiger partial charge in [-0.1, -0.05) is 49.1 Å². The molecular formula is C22H28. The van der Waals surface area contributed by atoms with E-state index in [4.69, 9.17) is 0 Å². The third-order valence-electron chi connectivity index (χ3n) is 7.18. The van der Waals surface area contributed by atoms with Crippen molar-refractivity contribution < 1.29 is 0 Å². The van der Waals surface area contributed by atoms with Crippen molar-refractivity contribution in [3.8, 4) is 0 Å². The third-order valence-corrected chi connectivity index (χ3v) is 7.18. The minimum absolute atomic E-state index is 0.789. The fourth-order valence-electron chi connectivity index (χ4n) is 6.06. The van der Waals surface area contributed by atoms with Crippen molar-refractivity contribution in [2.75, 3.05) is 0 Å². The van der Waals surface area contributed by atoms with Gasteiger partial charge < -0.3 is 0 Å². The molecule has 0 nitrogen and oxygen atoms in total. The van der Waals surface area contributed by atoms with E-state index in [0.717, 1.165) is 23.7 Å². The Hall–Kier alpha value is -1.04. The van der Waals surface area contributed by atoms with E-state index in [-0.39, 0.29) is 0 Å². The van der Waals surface area contributed by atoms with Gasteiger partial charge in [0, 0.05) is 5.92 Å². The van der Waals surface area contributed by atoms with Gasteiger partial charge >= 0.3 is 0 Å². The molecule has 2 fully saturated rings. The van der Waals surface area contributed by atoms with Gasteiger partial charge in [-0.25, -0.2) is 0 Å². The summed E-state index contributed by atoms with van der Waals surface area (Å²) in [5, 5.41) is 0. The van der Waals surface area contributed by atoms with Crippen LogP contribution in [0.5, 0.6) is 0 Å².